The summed E-state index contributed by atoms with van der Waals surface area (Å²) in [5.41, 5.74) is 7.61. The van der Waals surface area contributed by atoms with Crippen molar-refractivity contribution in [2.45, 2.75) is 31.7 Å². The summed E-state index contributed by atoms with van der Waals surface area (Å²) >= 11 is 6.19. The minimum absolute atomic E-state index is 0.260. The highest BCUT2D eigenvalue weighted by molar-refractivity contribution is 6.34. The van der Waals surface area contributed by atoms with E-state index in [9.17, 15) is 4.79 Å². The van der Waals surface area contributed by atoms with Crippen LogP contribution < -0.4 is 11.1 Å². The number of benzene rings is 1. The van der Waals surface area contributed by atoms with Gasteiger partial charge in [-0.3, -0.25) is 4.79 Å². The Labute approximate surface area is 115 Å². The molecular formula is C13H14ClN3O2. The summed E-state index contributed by atoms with van der Waals surface area (Å²) in [7, 11) is 0. The molecule has 19 heavy (non-hydrogen) atoms. The maximum atomic E-state index is 11.0. The Balaban J connectivity index is 1.95. The fourth-order valence-electron chi connectivity index (χ4n) is 1.98. The molecule has 1 aliphatic rings. The second-order valence-electron chi connectivity index (χ2n) is 4.91. The van der Waals surface area contributed by atoms with Crippen LogP contribution in [0.25, 0.3) is 11.1 Å². The van der Waals surface area contributed by atoms with Crippen LogP contribution in [0.4, 0.5) is 6.01 Å². The molecule has 0 bridgehead atoms. The number of rotatable bonds is 4. The topological polar surface area (TPSA) is 81.2 Å². The van der Waals surface area contributed by atoms with Gasteiger partial charge in [-0.05, 0) is 43.4 Å². The first kappa shape index (κ1) is 12.3. The van der Waals surface area contributed by atoms with E-state index in [0.717, 1.165) is 0 Å². The molecule has 1 saturated carbocycles. The Morgan fingerprint density at radius 2 is 2.32 bits per heavy atom. The molecule has 1 aliphatic carbocycles. The Kier molecular flexibility index (Phi) is 2.86. The molecule has 0 spiro atoms. The lowest BCUT2D eigenvalue weighted by molar-refractivity contribution is -0.118. The van der Waals surface area contributed by atoms with Crippen molar-refractivity contribution in [1.82, 2.24) is 4.98 Å². The number of halogens is 1. The Bertz CT molecular complexity index is 649. The summed E-state index contributed by atoms with van der Waals surface area (Å²) in [6.07, 6.45) is 2.40. The molecule has 0 unspecified atom stereocenters. The molecule has 6 heteroatoms. The summed E-state index contributed by atoms with van der Waals surface area (Å²) in [5, 5.41) is 3.36. The van der Waals surface area contributed by atoms with E-state index in [2.05, 4.69) is 10.3 Å². The van der Waals surface area contributed by atoms with Crippen LogP contribution in [0.1, 0.15) is 31.2 Å². The molecule has 1 aromatic heterocycles. The van der Waals surface area contributed by atoms with Crippen molar-refractivity contribution < 1.29 is 9.21 Å². The highest BCUT2D eigenvalue weighted by Gasteiger charge is 2.25. The summed E-state index contributed by atoms with van der Waals surface area (Å²) in [4.78, 5) is 15.3. The van der Waals surface area contributed by atoms with Crippen LogP contribution in [0, 0.1) is 0 Å². The van der Waals surface area contributed by atoms with Gasteiger partial charge in [0.05, 0.1) is 5.02 Å². The van der Waals surface area contributed by atoms with E-state index in [1.165, 1.54) is 18.4 Å². The molecule has 3 rings (SSSR count). The number of nitrogens with two attached hydrogens (primary N) is 1. The first-order chi connectivity index (χ1) is 9.04. The van der Waals surface area contributed by atoms with Crippen molar-refractivity contribution in [2.24, 2.45) is 5.73 Å². The first-order valence-electron chi connectivity index (χ1n) is 6.20. The number of hydrogen-bond donors (Lipinski definition) is 2. The van der Waals surface area contributed by atoms with Crippen LogP contribution in [0.15, 0.2) is 16.5 Å². The lowest BCUT2D eigenvalue weighted by atomic mass is 10.1. The van der Waals surface area contributed by atoms with Crippen LogP contribution in [0.2, 0.25) is 5.02 Å². The smallest absolute Gasteiger partial charge is 0.296 e. The van der Waals surface area contributed by atoms with E-state index in [4.69, 9.17) is 21.8 Å². The van der Waals surface area contributed by atoms with Gasteiger partial charge < -0.3 is 15.5 Å². The number of nitrogens with zero attached hydrogens (tertiary/aromatic N) is 1. The summed E-state index contributed by atoms with van der Waals surface area (Å²) < 4.78 is 5.51. The Morgan fingerprint density at radius 3 is 2.95 bits per heavy atom. The van der Waals surface area contributed by atoms with Gasteiger partial charge in [-0.1, -0.05) is 11.6 Å². The van der Waals surface area contributed by atoms with Gasteiger partial charge >= 0.3 is 0 Å². The average molecular weight is 280 g/mol. The number of oxazole rings is 1. The van der Waals surface area contributed by atoms with Crippen molar-refractivity contribution in [3.8, 4) is 0 Å². The van der Waals surface area contributed by atoms with Crippen molar-refractivity contribution in [3.05, 3.63) is 22.7 Å². The predicted molar refractivity (Wildman–Crippen MR) is 73.3 cm³/mol. The Hall–Kier alpha value is -1.75. The average Bonchev–Trinajstić information content (AvgIpc) is 3.11. The minimum atomic E-state index is -0.547. The second kappa shape index (κ2) is 4.42. The Morgan fingerprint density at radius 1 is 1.58 bits per heavy atom. The molecule has 0 saturated heterocycles. The summed E-state index contributed by atoms with van der Waals surface area (Å²) in [6.45, 7) is 1.65. The van der Waals surface area contributed by atoms with Crippen molar-refractivity contribution in [3.63, 3.8) is 0 Å². The van der Waals surface area contributed by atoms with Gasteiger partial charge in [-0.2, -0.15) is 4.98 Å². The maximum absolute atomic E-state index is 11.0. The van der Waals surface area contributed by atoms with Crippen LogP contribution in [0.5, 0.6) is 0 Å². The largest absolute Gasteiger partial charge is 0.422 e. The zero-order chi connectivity index (χ0) is 13.6. The number of carbonyl (C=O) groups is 1. The molecule has 0 aliphatic heterocycles. The van der Waals surface area contributed by atoms with E-state index in [1.54, 1.807) is 6.92 Å². The first-order valence-corrected chi connectivity index (χ1v) is 6.58. The second-order valence-corrected chi connectivity index (χ2v) is 5.32. The molecule has 1 atom stereocenters. The number of amides is 1. The fourth-order valence-corrected chi connectivity index (χ4v) is 2.24. The molecule has 0 radical (unpaired) electrons. The van der Waals surface area contributed by atoms with E-state index < -0.39 is 11.9 Å². The lowest BCUT2D eigenvalue weighted by Crippen LogP contribution is -2.32. The van der Waals surface area contributed by atoms with Gasteiger partial charge in [0.25, 0.3) is 6.01 Å². The highest BCUT2D eigenvalue weighted by atomic mass is 35.5. The van der Waals surface area contributed by atoms with Crippen LogP contribution in [-0.4, -0.2) is 16.9 Å². The van der Waals surface area contributed by atoms with Crippen LogP contribution >= 0.6 is 11.6 Å². The number of primary amides is 1. The third-order valence-electron chi connectivity index (χ3n) is 3.28. The molecule has 1 fully saturated rings. The van der Waals surface area contributed by atoms with E-state index >= 15 is 0 Å². The van der Waals surface area contributed by atoms with Gasteiger partial charge in [0.2, 0.25) is 5.91 Å². The quantitative estimate of drug-likeness (QED) is 0.901. The fraction of sp³-hybridized carbons (Fsp3) is 0.385. The van der Waals surface area contributed by atoms with Crippen LogP contribution in [-0.2, 0) is 4.79 Å². The number of nitrogens with one attached hydrogen (secondary N) is 1. The highest BCUT2D eigenvalue weighted by Crippen LogP contribution is 2.42. The molecule has 1 amide bonds. The van der Waals surface area contributed by atoms with E-state index in [1.807, 2.05) is 12.1 Å². The number of carbonyl (C=O) groups excluding carboxylic acids is 1. The summed E-state index contributed by atoms with van der Waals surface area (Å²) in [5.74, 6) is 0.131. The van der Waals surface area contributed by atoms with E-state index in [-0.39, 0.29) is 6.01 Å². The normalized spacial score (nSPS) is 16.5. The minimum Gasteiger partial charge on any atom is -0.422 e. The SMILES string of the molecule is C[C@H](Nc1nc2cc(C3CC3)cc(Cl)c2o1)C(N)=O. The number of anilines is 1. The third kappa shape index (κ3) is 2.38. The number of fused-ring (bicyclic) bond motifs is 1. The molecule has 2 aromatic rings. The monoisotopic (exact) mass is 279 g/mol. The van der Waals surface area contributed by atoms with Crippen molar-refractivity contribution in [1.29, 1.82) is 0 Å². The number of hydrogen-bond acceptors (Lipinski definition) is 4. The number of aromatic nitrogens is 1. The van der Waals surface area contributed by atoms with Gasteiger partial charge in [0.15, 0.2) is 5.58 Å². The third-order valence-corrected chi connectivity index (χ3v) is 3.56. The zero-order valence-electron chi connectivity index (χ0n) is 10.4. The molecule has 1 heterocycles. The molecule has 100 valence electrons. The molecule has 1 aromatic carbocycles. The zero-order valence-corrected chi connectivity index (χ0v) is 11.2. The lowest BCUT2D eigenvalue weighted by Gasteiger charge is -2.05. The standard InChI is InChI=1S/C13H14ClN3O2/c1-6(12(15)18)16-13-17-10-5-8(7-2-3-7)4-9(14)11(10)19-13/h4-7H,2-3H2,1H3,(H2,15,18)(H,16,17)/t6-/m0/s1. The van der Waals surface area contributed by atoms with Gasteiger partial charge in [-0.25, -0.2) is 0 Å². The molecule has 3 N–H and O–H groups in total. The van der Waals surface area contributed by atoms with E-state index in [0.29, 0.717) is 22.0 Å². The van der Waals surface area contributed by atoms with Gasteiger partial charge in [0.1, 0.15) is 11.6 Å². The van der Waals surface area contributed by atoms with Crippen molar-refractivity contribution >= 4 is 34.6 Å². The molecule has 5 nitrogen and oxygen atoms in total. The predicted octanol–water partition coefficient (Wildman–Crippen LogP) is 2.64. The molecular weight excluding hydrogens is 266 g/mol. The van der Waals surface area contributed by atoms with Gasteiger partial charge in [0, 0.05) is 0 Å². The summed E-state index contributed by atoms with van der Waals surface area (Å²) in [6, 6.07) is 3.63. The van der Waals surface area contributed by atoms with Crippen molar-refractivity contribution in [2.75, 3.05) is 5.32 Å². The van der Waals surface area contributed by atoms with Crippen LogP contribution in [0.3, 0.4) is 0 Å². The van der Waals surface area contributed by atoms with Gasteiger partial charge in [-0.15, -0.1) is 0 Å². The maximum Gasteiger partial charge on any atom is 0.296 e.